The van der Waals surface area contributed by atoms with E-state index in [1.165, 1.54) is 0 Å². The number of nitrogen functional groups attached to an aromatic ring is 1. The molecule has 0 radical (unpaired) electrons. The van der Waals surface area contributed by atoms with Gasteiger partial charge in [0.2, 0.25) is 0 Å². The lowest BCUT2D eigenvalue weighted by atomic mass is 10.2. The molecule has 0 saturated heterocycles. The number of benzene rings is 2. The van der Waals surface area contributed by atoms with Gasteiger partial charge in [-0.2, -0.15) is 0 Å². The SMILES string of the molecule is COc1ccc(N)c(NC(=O)COc2ccccc2)c1. The van der Waals surface area contributed by atoms with Gasteiger partial charge in [-0.25, -0.2) is 0 Å². The molecular formula is C15H16N2O3. The first-order chi connectivity index (χ1) is 9.69. The van der Waals surface area contributed by atoms with Crippen molar-refractivity contribution in [3.05, 3.63) is 48.5 Å². The average Bonchev–Trinajstić information content (AvgIpc) is 2.48. The molecule has 1 amide bonds. The number of rotatable bonds is 5. The fraction of sp³-hybridized carbons (Fsp3) is 0.133. The number of carbonyl (C=O) groups excluding carboxylic acids is 1. The highest BCUT2D eigenvalue weighted by atomic mass is 16.5. The van der Waals surface area contributed by atoms with Crippen molar-refractivity contribution in [2.75, 3.05) is 24.8 Å². The summed E-state index contributed by atoms with van der Waals surface area (Å²) in [4.78, 5) is 11.8. The van der Waals surface area contributed by atoms with Crippen LogP contribution in [0.3, 0.4) is 0 Å². The Kier molecular flexibility index (Phi) is 4.44. The number of hydrogen-bond donors (Lipinski definition) is 2. The second-order valence-electron chi connectivity index (χ2n) is 4.10. The quantitative estimate of drug-likeness (QED) is 0.819. The number of hydrogen-bond acceptors (Lipinski definition) is 4. The molecular weight excluding hydrogens is 256 g/mol. The zero-order chi connectivity index (χ0) is 14.4. The first-order valence-electron chi connectivity index (χ1n) is 6.10. The van der Waals surface area contributed by atoms with E-state index in [9.17, 15) is 4.79 Å². The molecule has 0 saturated carbocycles. The van der Waals surface area contributed by atoms with Crippen LogP contribution in [-0.2, 0) is 4.79 Å². The van der Waals surface area contributed by atoms with Crippen LogP contribution in [0.2, 0.25) is 0 Å². The van der Waals surface area contributed by atoms with Gasteiger partial charge < -0.3 is 20.5 Å². The summed E-state index contributed by atoms with van der Waals surface area (Å²) in [5.74, 6) is 0.980. The Morgan fingerprint density at radius 2 is 1.90 bits per heavy atom. The summed E-state index contributed by atoms with van der Waals surface area (Å²) in [7, 11) is 1.55. The first kappa shape index (κ1) is 13.7. The Morgan fingerprint density at radius 1 is 1.15 bits per heavy atom. The molecule has 2 aromatic rings. The van der Waals surface area contributed by atoms with Gasteiger partial charge in [-0.15, -0.1) is 0 Å². The number of para-hydroxylation sites is 1. The maximum absolute atomic E-state index is 11.8. The fourth-order valence-corrected chi connectivity index (χ4v) is 1.62. The lowest BCUT2D eigenvalue weighted by molar-refractivity contribution is -0.118. The number of ether oxygens (including phenoxy) is 2. The summed E-state index contributed by atoms with van der Waals surface area (Å²) in [6.07, 6.45) is 0. The summed E-state index contributed by atoms with van der Waals surface area (Å²) in [5.41, 5.74) is 6.77. The normalized spacial score (nSPS) is 9.85. The predicted octanol–water partition coefficient (Wildman–Crippen LogP) is 2.29. The van der Waals surface area contributed by atoms with E-state index in [-0.39, 0.29) is 12.5 Å². The van der Waals surface area contributed by atoms with E-state index in [0.29, 0.717) is 22.9 Å². The first-order valence-corrected chi connectivity index (χ1v) is 6.10. The number of nitrogens with two attached hydrogens (primary N) is 1. The molecule has 0 unspecified atom stereocenters. The van der Waals surface area contributed by atoms with E-state index in [1.54, 1.807) is 37.4 Å². The molecule has 0 spiro atoms. The van der Waals surface area contributed by atoms with Gasteiger partial charge in [-0.3, -0.25) is 4.79 Å². The Balaban J connectivity index is 1.94. The molecule has 104 valence electrons. The van der Waals surface area contributed by atoms with Crippen molar-refractivity contribution in [1.82, 2.24) is 0 Å². The van der Waals surface area contributed by atoms with Crippen molar-refractivity contribution in [2.45, 2.75) is 0 Å². The van der Waals surface area contributed by atoms with Gasteiger partial charge in [0.1, 0.15) is 11.5 Å². The van der Waals surface area contributed by atoms with E-state index in [2.05, 4.69) is 5.32 Å². The molecule has 0 fully saturated rings. The van der Waals surface area contributed by atoms with Crippen LogP contribution in [0.4, 0.5) is 11.4 Å². The van der Waals surface area contributed by atoms with E-state index < -0.39 is 0 Å². The largest absolute Gasteiger partial charge is 0.497 e. The summed E-state index contributed by atoms with van der Waals surface area (Å²) in [6, 6.07) is 14.2. The molecule has 0 bridgehead atoms. The minimum Gasteiger partial charge on any atom is -0.497 e. The summed E-state index contributed by atoms with van der Waals surface area (Å²) >= 11 is 0. The van der Waals surface area contributed by atoms with Crippen LogP contribution in [0.5, 0.6) is 11.5 Å². The molecule has 0 aromatic heterocycles. The number of anilines is 2. The van der Waals surface area contributed by atoms with E-state index in [0.717, 1.165) is 0 Å². The molecule has 2 aromatic carbocycles. The van der Waals surface area contributed by atoms with Crippen molar-refractivity contribution in [3.8, 4) is 11.5 Å². The minimum atomic E-state index is -0.284. The lowest BCUT2D eigenvalue weighted by Gasteiger charge is -2.10. The second kappa shape index (κ2) is 6.47. The van der Waals surface area contributed by atoms with Crippen LogP contribution >= 0.6 is 0 Å². The van der Waals surface area contributed by atoms with Gasteiger partial charge in [0, 0.05) is 6.07 Å². The molecule has 0 heterocycles. The topological polar surface area (TPSA) is 73.6 Å². The fourth-order valence-electron chi connectivity index (χ4n) is 1.62. The van der Waals surface area contributed by atoms with Gasteiger partial charge in [0.25, 0.3) is 5.91 Å². The molecule has 0 aliphatic rings. The van der Waals surface area contributed by atoms with E-state index in [1.807, 2.05) is 18.2 Å². The zero-order valence-corrected chi connectivity index (χ0v) is 11.1. The van der Waals surface area contributed by atoms with Gasteiger partial charge in [-0.1, -0.05) is 18.2 Å². The summed E-state index contributed by atoms with van der Waals surface area (Å²) in [5, 5.41) is 2.69. The Labute approximate surface area is 117 Å². The van der Waals surface area contributed by atoms with Gasteiger partial charge in [-0.05, 0) is 24.3 Å². The third-order valence-corrected chi connectivity index (χ3v) is 2.65. The number of methoxy groups -OCH3 is 1. The Hall–Kier alpha value is -2.69. The Morgan fingerprint density at radius 3 is 2.60 bits per heavy atom. The molecule has 3 N–H and O–H groups in total. The standard InChI is InChI=1S/C15H16N2O3/c1-19-12-7-8-13(16)14(9-12)17-15(18)10-20-11-5-3-2-4-6-11/h2-9H,10,16H2,1H3,(H,17,18). The van der Waals surface area contributed by atoms with Crippen molar-refractivity contribution in [1.29, 1.82) is 0 Å². The third-order valence-electron chi connectivity index (χ3n) is 2.65. The van der Waals surface area contributed by atoms with E-state index >= 15 is 0 Å². The highest BCUT2D eigenvalue weighted by Gasteiger charge is 2.07. The smallest absolute Gasteiger partial charge is 0.262 e. The molecule has 5 heteroatoms. The predicted molar refractivity (Wildman–Crippen MR) is 78.0 cm³/mol. The van der Waals surface area contributed by atoms with Crippen molar-refractivity contribution in [3.63, 3.8) is 0 Å². The maximum Gasteiger partial charge on any atom is 0.262 e. The van der Waals surface area contributed by atoms with Crippen LogP contribution in [-0.4, -0.2) is 19.6 Å². The van der Waals surface area contributed by atoms with Crippen LogP contribution in [0.1, 0.15) is 0 Å². The molecule has 0 aliphatic carbocycles. The highest BCUT2D eigenvalue weighted by molar-refractivity contribution is 5.95. The molecule has 0 atom stereocenters. The molecule has 20 heavy (non-hydrogen) atoms. The highest BCUT2D eigenvalue weighted by Crippen LogP contribution is 2.24. The van der Waals surface area contributed by atoms with Crippen LogP contribution in [0.25, 0.3) is 0 Å². The zero-order valence-electron chi connectivity index (χ0n) is 11.1. The van der Waals surface area contributed by atoms with E-state index in [4.69, 9.17) is 15.2 Å². The molecule has 0 aliphatic heterocycles. The number of nitrogens with one attached hydrogen (secondary N) is 1. The third kappa shape index (κ3) is 3.65. The maximum atomic E-state index is 11.8. The van der Waals surface area contributed by atoms with Gasteiger partial charge in [0.05, 0.1) is 18.5 Å². The van der Waals surface area contributed by atoms with Gasteiger partial charge in [0.15, 0.2) is 6.61 Å². The average molecular weight is 272 g/mol. The summed E-state index contributed by atoms with van der Waals surface area (Å²) < 4.78 is 10.4. The van der Waals surface area contributed by atoms with Crippen molar-refractivity contribution < 1.29 is 14.3 Å². The number of amides is 1. The van der Waals surface area contributed by atoms with Crippen LogP contribution in [0.15, 0.2) is 48.5 Å². The van der Waals surface area contributed by atoms with Gasteiger partial charge >= 0.3 is 0 Å². The second-order valence-corrected chi connectivity index (χ2v) is 4.10. The van der Waals surface area contributed by atoms with Crippen LogP contribution < -0.4 is 20.5 Å². The lowest BCUT2D eigenvalue weighted by Crippen LogP contribution is -2.20. The van der Waals surface area contributed by atoms with Crippen LogP contribution in [0, 0.1) is 0 Å². The van der Waals surface area contributed by atoms with Crippen molar-refractivity contribution in [2.24, 2.45) is 0 Å². The monoisotopic (exact) mass is 272 g/mol. The summed E-state index contributed by atoms with van der Waals surface area (Å²) in [6.45, 7) is -0.0827. The minimum absolute atomic E-state index is 0.0827. The molecule has 2 rings (SSSR count). The Bertz CT molecular complexity index is 585. The molecule has 5 nitrogen and oxygen atoms in total. The number of carbonyl (C=O) groups is 1. The van der Waals surface area contributed by atoms with Crippen molar-refractivity contribution >= 4 is 17.3 Å².